The molecule has 9 nitrogen and oxygen atoms in total. The fraction of sp³-hybridized carbons (Fsp3) is 0.444. The summed E-state index contributed by atoms with van der Waals surface area (Å²) in [4.78, 5) is 36.6. The average molecular weight is 407 g/mol. The van der Waals surface area contributed by atoms with Gasteiger partial charge in [0.25, 0.3) is 5.69 Å². The molecule has 0 radical (unpaired) electrons. The standard InChI is InChI=1S/C18H21N3O6S/c1-9(22)13-14-12(8-10-2-4-11(5-3-10)21(26)27)16(28-7-6-19)15(18(24)25)20(14)17(13)23/h2-5,9,12-14,22H,6-8,19H2,1H3,(H,24,25)/t9-,12?,13?,14+/m1/s1. The van der Waals surface area contributed by atoms with Gasteiger partial charge in [0.1, 0.15) is 5.70 Å². The molecule has 150 valence electrons. The maximum Gasteiger partial charge on any atom is 0.353 e. The maximum absolute atomic E-state index is 12.5. The van der Waals surface area contributed by atoms with E-state index in [1.807, 2.05) is 0 Å². The second kappa shape index (κ2) is 7.90. The minimum absolute atomic E-state index is 0.0306. The van der Waals surface area contributed by atoms with Gasteiger partial charge < -0.3 is 20.8 Å². The van der Waals surface area contributed by atoms with Crippen molar-refractivity contribution in [3.05, 3.63) is 50.5 Å². The first kappa shape index (κ1) is 20.3. The molecule has 1 aromatic rings. The van der Waals surface area contributed by atoms with Crippen molar-refractivity contribution in [3.63, 3.8) is 0 Å². The second-order valence-electron chi connectivity index (χ2n) is 6.85. The highest BCUT2D eigenvalue weighted by molar-refractivity contribution is 8.03. The van der Waals surface area contributed by atoms with E-state index in [4.69, 9.17) is 5.73 Å². The summed E-state index contributed by atoms with van der Waals surface area (Å²) in [5, 5.41) is 30.6. The Kier molecular flexibility index (Phi) is 5.73. The van der Waals surface area contributed by atoms with Crippen LogP contribution in [0.15, 0.2) is 34.9 Å². The molecule has 2 aliphatic rings. The number of carbonyl (C=O) groups excluding carboxylic acids is 1. The molecule has 1 aromatic carbocycles. The third-order valence-electron chi connectivity index (χ3n) is 5.11. The number of benzene rings is 1. The van der Waals surface area contributed by atoms with Crippen molar-refractivity contribution in [2.75, 3.05) is 12.3 Å². The van der Waals surface area contributed by atoms with Crippen LogP contribution in [-0.2, 0) is 16.0 Å². The summed E-state index contributed by atoms with van der Waals surface area (Å²) in [6, 6.07) is 5.60. The summed E-state index contributed by atoms with van der Waals surface area (Å²) < 4.78 is 0. The largest absolute Gasteiger partial charge is 0.477 e. The fourth-order valence-corrected chi connectivity index (χ4v) is 5.03. The van der Waals surface area contributed by atoms with Gasteiger partial charge in [-0.25, -0.2) is 4.79 Å². The molecule has 3 rings (SSSR count). The third-order valence-corrected chi connectivity index (χ3v) is 6.36. The number of non-ortho nitro benzene ring substituents is 1. The molecule has 4 atom stereocenters. The highest BCUT2D eigenvalue weighted by Crippen LogP contribution is 2.51. The molecular formula is C18H21N3O6S. The van der Waals surface area contributed by atoms with E-state index in [-0.39, 0.29) is 17.3 Å². The van der Waals surface area contributed by atoms with Gasteiger partial charge in [0, 0.05) is 35.3 Å². The number of fused-ring (bicyclic) bond motifs is 1. The molecule has 2 heterocycles. The lowest BCUT2D eigenvalue weighted by molar-refractivity contribution is -0.384. The first-order valence-electron chi connectivity index (χ1n) is 8.82. The van der Waals surface area contributed by atoms with E-state index in [1.165, 1.54) is 35.7 Å². The number of hydrogen-bond donors (Lipinski definition) is 3. The monoisotopic (exact) mass is 407 g/mol. The predicted octanol–water partition coefficient (Wildman–Crippen LogP) is 0.963. The number of aliphatic carboxylic acids is 1. The molecule has 2 unspecified atom stereocenters. The van der Waals surface area contributed by atoms with Crippen LogP contribution < -0.4 is 5.73 Å². The molecule has 0 aromatic heterocycles. The number of rotatable bonds is 8. The average Bonchev–Trinajstić information content (AvgIpc) is 2.90. The summed E-state index contributed by atoms with van der Waals surface area (Å²) in [7, 11) is 0. The zero-order valence-electron chi connectivity index (χ0n) is 15.1. The van der Waals surface area contributed by atoms with Gasteiger partial charge in [0.05, 0.1) is 23.0 Å². The van der Waals surface area contributed by atoms with Crippen LogP contribution in [0.2, 0.25) is 0 Å². The molecule has 10 heteroatoms. The summed E-state index contributed by atoms with van der Waals surface area (Å²) in [6.45, 7) is 1.87. The topological polar surface area (TPSA) is 147 Å². The number of nitro benzene ring substituents is 1. The number of aliphatic hydroxyl groups is 1. The molecule has 0 bridgehead atoms. The number of nitro groups is 1. The van der Waals surface area contributed by atoms with Crippen LogP contribution in [0.5, 0.6) is 0 Å². The Balaban J connectivity index is 1.97. The highest BCUT2D eigenvalue weighted by atomic mass is 32.2. The molecule has 1 amide bonds. The lowest BCUT2D eigenvalue weighted by atomic mass is 9.76. The number of carbonyl (C=O) groups is 2. The Morgan fingerprint density at radius 2 is 2.04 bits per heavy atom. The van der Waals surface area contributed by atoms with Gasteiger partial charge in [0.15, 0.2) is 0 Å². The smallest absolute Gasteiger partial charge is 0.353 e. The summed E-state index contributed by atoms with van der Waals surface area (Å²) in [6.07, 6.45) is -0.499. The quantitative estimate of drug-likeness (QED) is 0.328. The second-order valence-corrected chi connectivity index (χ2v) is 7.99. The van der Waals surface area contributed by atoms with Gasteiger partial charge in [-0.1, -0.05) is 12.1 Å². The van der Waals surface area contributed by atoms with Gasteiger partial charge in [-0.2, -0.15) is 0 Å². The van der Waals surface area contributed by atoms with Crippen molar-refractivity contribution in [2.45, 2.75) is 25.5 Å². The molecule has 4 N–H and O–H groups in total. The zero-order valence-corrected chi connectivity index (χ0v) is 16.0. The van der Waals surface area contributed by atoms with Gasteiger partial charge in [0.2, 0.25) is 5.91 Å². The van der Waals surface area contributed by atoms with Crippen molar-refractivity contribution in [2.24, 2.45) is 17.6 Å². The molecule has 1 fully saturated rings. The van der Waals surface area contributed by atoms with E-state index < -0.39 is 34.9 Å². The van der Waals surface area contributed by atoms with Crippen LogP contribution in [-0.4, -0.2) is 56.4 Å². The summed E-state index contributed by atoms with van der Waals surface area (Å²) in [5.74, 6) is -2.07. The van der Waals surface area contributed by atoms with Crippen molar-refractivity contribution in [1.82, 2.24) is 4.90 Å². The number of hydrogen-bond acceptors (Lipinski definition) is 7. The Bertz CT molecular complexity index is 838. The molecule has 2 aliphatic heterocycles. The predicted molar refractivity (Wildman–Crippen MR) is 102 cm³/mol. The van der Waals surface area contributed by atoms with Crippen molar-refractivity contribution < 1.29 is 24.7 Å². The lowest BCUT2D eigenvalue weighted by Gasteiger charge is -2.47. The van der Waals surface area contributed by atoms with Crippen LogP contribution >= 0.6 is 11.8 Å². The first-order chi connectivity index (χ1) is 13.3. The number of thioether (sulfide) groups is 1. The summed E-state index contributed by atoms with van der Waals surface area (Å²) in [5.41, 5.74) is 6.30. The molecule has 0 spiro atoms. The first-order valence-corrected chi connectivity index (χ1v) is 9.81. The van der Waals surface area contributed by atoms with Crippen LogP contribution in [0.3, 0.4) is 0 Å². The van der Waals surface area contributed by atoms with E-state index >= 15 is 0 Å². The van der Waals surface area contributed by atoms with E-state index in [1.54, 1.807) is 12.1 Å². The van der Waals surface area contributed by atoms with Crippen LogP contribution in [0, 0.1) is 22.0 Å². The Labute approximate surface area is 165 Å². The highest BCUT2D eigenvalue weighted by Gasteiger charge is 2.61. The Morgan fingerprint density at radius 3 is 2.54 bits per heavy atom. The maximum atomic E-state index is 12.5. The number of nitrogens with zero attached hydrogens (tertiary/aromatic N) is 2. The molecule has 28 heavy (non-hydrogen) atoms. The zero-order chi connectivity index (χ0) is 20.6. The van der Waals surface area contributed by atoms with E-state index in [2.05, 4.69) is 0 Å². The number of aliphatic hydroxyl groups excluding tert-OH is 1. The van der Waals surface area contributed by atoms with Gasteiger partial charge >= 0.3 is 5.97 Å². The SMILES string of the molecule is C[C@@H](O)C1C(=O)N2C(C(=O)O)=C(SCCN)C(Cc3ccc([N+](=O)[O-])cc3)[C@@H]12. The number of β-lactam (4-membered cyclic amide) rings is 1. The fourth-order valence-electron chi connectivity index (χ4n) is 3.94. The van der Waals surface area contributed by atoms with Gasteiger partial charge in [-0.3, -0.25) is 14.9 Å². The van der Waals surface area contributed by atoms with Crippen LogP contribution in [0.1, 0.15) is 12.5 Å². The van der Waals surface area contributed by atoms with Gasteiger partial charge in [-0.15, -0.1) is 11.8 Å². The third kappa shape index (κ3) is 3.38. The number of amides is 1. The minimum Gasteiger partial charge on any atom is -0.477 e. The van der Waals surface area contributed by atoms with Crippen LogP contribution in [0.4, 0.5) is 5.69 Å². The van der Waals surface area contributed by atoms with Crippen molar-refractivity contribution >= 4 is 29.3 Å². The lowest BCUT2D eigenvalue weighted by Crippen LogP contribution is -2.64. The van der Waals surface area contributed by atoms with E-state index in [0.717, 1.165) is 5.56 Å². The summed E-state index contributed by atoms with van der Waals surface area (Å²) >= 11 is 1.31. The van der Waals surface area contributed by atoms with Crippen LogP contribution in [0.25, 0.3) is 0 Å². The molecule has 0 aliphatic carbocycles. The number of nitrogens with two attached hydrogens (primary N) is 1. The van der Waals surface area contributed by atoms with Crippen molar-refractivity contribution in [3.8, 4) is 0 Å². The number of carboxylic acid groups (broad SMARTS) is 1. The van der Waals surface area contributed by atoms with E-state index in [0.29, 0.717) is 23.6 Å². The van der Waals surface area contributed by atoms with Crippen molar-refractivity contribution in [1.29, 1.82) is 0 Å². The molecule has 1 saturated heterocycles. The van der Waals surface area contributed by atoms with Gasteiger partial charge in [-0.05, 0) is 18.9 Å². The number of carboxylic acids is 1. The normalized spacial score (nSPS) is 24.8. The van der Waals surface area contributed by atoms with E-state index in [9.17, 15) is 29.9 Å². The Morgan fingerprint density at radius 1 is 1.39 bits per heavy atom. The minimum atomic E-state index is -1.19. The molecular weight excluding hydrogens is 386 g/mol. The Hall–Kier alpha value is -2.43. The molecule has 0 saturated carbocycles.